The highest BCUT2D eigenvalue weighted by Gasteiger charge is 2.33. The molecule has 1 unspecified atom stereocenters. The lowest BCUT2D eigenvalue weighted by Gasteiger charge is -2.33. The molecule has 3 aromatic carbocycles. The van der Waals surface area contributed by atoms with Crippen LogP contribution in [0.15, 0.2) is 72.8 Å². The Labute approximate surface area is 193 Å². The lowest BCUT2D eigenvalue weighted by molar-refractivity contribution is -0.137. The van der Waals surface area contributed by atoms with Gasteiger partial charge in [0.05, 0.1) is 11.3 Å². The van der Waals surface area contributed by atoms with Gasteiger partial charge in [-0.05, 0) is 60.4 Å². The first-order valence-electron chi connectivity index (χ1n) is 10.6. The molecule has 3 aromatic rings. The minimum Gasteiger partial charge on any atom is -0.326 e. The molecule has 0 aromatic heterocycles. The molecule has 1 fully saturated rings. The lowest BCUT2D eigenvalue weighted by atomic mass is 10.0. The van der Waals surface area contributed by atoms with E-state index >= 15 is 0 Å². The third-order valence-electron chi connectivity index (χ3n) is 5.56. The van der Waals surface area contributed by atoms with Gasteiger partial charge in [-0.25, -0.2) is 9.18 Å². The standard InChI is InChI=1S/C25H21F4N3O2/c26-20-15-17(16-5-2-1-3-6-16)8-13-22(20)32-14-4-7-21(23(32)33)31-24(34)30-19-11-9-18(10-12-19)25(27,28)29/h1-3,5-6,8-13,15,21H,4,7,14H2,(H2,30,31,34). The summed E-state index contributed by atoms with van der Waals surface area (Å²) >= 11 is 0. The molecule has 4 rings (SSSR count). The number of hydrogen-bond acceptors (Lipinski definition) is 2. The van der Waals surface area contributed by atoms with Gasteiger partial charge in [-0.3, -0.25) is 4.79 Å². The number of benzene rings is 3. The van der Waals surface area contributed by atoms with E-state index in [4.69, 9.17) is 0 Å². The van der Waals surface area contributed by atoms with Crippen molar-refractivity contribution in [2.45, 2.75) is 25.1 Å². The minimum atomic E-state index is -4.48. The Bertz CT molecular complexity index is 1180. The molecule has 1 atom stereocenters. The molecule has 5 nitrogen and oxygen atoms in total. The second-order valence-corrected chi connectivity index (χ2v) is 7.89. The average Bonchev–Trinajstić information content (AvgIpc) is 2.81. The Balaban J connectivity index is 1.42. The number of alkyl halides is 3. The van der Waals surface area contributed by atoms with E-state index in [0.717, 1.165) is 29.8 Å². The Morgan fingerprint density at radius 2 is 1.65 bits per heavy atom. The van der Waals surface area contributed by atoms with Gasteiger partial charge < -0.3 is 15.5 Å². The van der Waals surface area contributed by atoms with Crippen molar-refractivity contribution < 1.29 is 27.2 Å². The van der Waals surface area contributed by atoms with E-state index in [2.05, 4.69) is 10.6 Å². The molecule has 1 aliphatic rings. The number of amides is 3. The molecule has 0 bridgehead atoms. The Morgan fingerprint density at radius 3 is 2.29 bits per heavy atom. The number of nitrogens with zero attached hydrogens (tertiary/aromatic N) is 1. The Hall–Kier alpha value is -3.88. The van der Waals surface area contributed by atoms with Crippen molar-refractivity contribution in [2.75, 3.05) is 16.8 Å². The monoisotopic (exact) mass is 471 g/mol. The summed E-state index contributed by atoms with van der Waals surface area (Å²) in [4.78, 5) is 26.6. The summed E-state index contributed by atoms with van der Waals surface area (Å²) in [5, 5.41) is 4.95. The smallest absolute Gasteiger partial charge is 0.326 e. The average molecular weight is 471 g/mol. The van der Waals surface area contributed by atoms with Crippen molar-refractivity contribution in [2.24, 2.45) is 0 Å². The molecule has 9 heteroatoms. The van der Waals surface area contributed by atoms with Gasteiger partial charge in [-0.15, -0.1) is 0 Å². The third-order valence-corrected chi connectivity index (χ3v) is 5.56. The zero-order chi connectivity index (χ0) is 24.3. The lowest BCUT2D eigenvalue weighted by Crippen LogP contribution is -2.53. The Morgan fingerprint density at radius 1 is 0.941 bits per heavy atom. The van der Waals surface area contributed by atoms with E-state index in [-0.39, 0.29) is 11.4 Å². The van der Waals surface area contributed by atoms with Crippen molar-refractivity contribution in [1.29, 1.82) is 0 Å². The van der Waals surface area contributed by atoms with Crippen molar-refractivity contribution >= 4 is 23.3 Å². The normalized spacial score (nSPS) is 16.3. The van der Waals surface area contributed by atoms with E-state index in [9.17, 15) is 27.2 Å². The van der Waals surface area contributed by atoms with Crippen LogP contribution in [0.2, 0.25) is 0 Å². The molecule has 0 saturated carbocycles. The van der Waals surface area contributed by atoms with Gasteiger partial charge in [-0.2, -0.15) is 13.2 Å². The molecule has 0 radical (unpaired) electrons. The molecule has 1 heterocycles. The summed E-state index contributed by atoms with van der Waals surface area (Å²) < 4.78 is 53.0. The zero-order valence-corrected chi connectivity index (χ0v) is 17.9. The first kappa shape index (κ1) is 23.3. The SMILES string of the molecule is O=C(Nc1ccc(C(F)(F)F)cc1)NC1CCCN(c2ccc(-c3ccccc3)cc2F)C1=O. The quantitative estimate of drug-likeness (QED) is 0.471. The first-order valence-corrected chi connectivity index (χ1v) is 10.6. The minimum absolute atomic E-state index is 0.124. The second kappa shape index (κ2) is 9.54. The van der Waals surface area contributed by atoms with Gasteiger partial charge in [0.25, 0.3) is 0 Å². The van der Waals surface area contributed by atoms with Crippen molar-refractivity contribution in [3.63, 3.8) is 0 Å². The number of anilines is 2. The first-order chi connectivity index (χ1) is 16.2. The number of rotatable bonds is 4. The fourth-order valence-electron chi connectivity index (χ4n) is 3.85. The van der Waals surface area contributed by atoms with Crippen LogP contribution >= 0.6 is 0 Å². The molecule has 1 aliphatic heterocycles. The predicted molar refractivity (Wildman–Crippen MR) is 121 cm³/mol. The van der Waals surface area contributed by atoms with E-state index in [1.165, 1.54) is 11.0 Å². The van der Waals surface area contributed by atoms with Crippen LogP contribution in [-0.2, 0) is 11.0 Å². The highest BCUT2D eigenvalue weighted by molar-refractivity contribution is 6.01. The van der Waals surface area contributed by atoms with Crippen LogP contribution in [0, 0.1) is 5.82 Å². The van der Waals surface area contributed by atoms with Gasteiger partial charge in [0.2, 0.25) is 5.91 Å². The van der Waals surface area contributed by atoms with Crippen LogP contribution < -0.4 is 15.5 Å². The second-order valence-electron chi connectivity index (χ2n) is 7.89. The van der Waals surface area contributed by atoms with Crippen LogP contribution in [0.5, 0.6) is 0 Å². The van der Waals surface area contributed by atoms with Crippen LogP contribution in [0.4, 0.5) is 33.7 Å². The fraction of sp³-hybridized carbons (Fsp3) is 0.200. The number of nitrogens with one attached hydrogen (secondary N) is 2. The van der Waals surface area contributed by atoms with E-state index in [0.29, 0.717) is 24.9 Å². The topological polar surface area (TPSA) is 61.4 Å². The van der Waals surface area contributed by atoms with Crippen LogP contribution in [0.3, 0.4) is 0 Å². The predicted octanol–water partition coefficient (Wildman–Crippen LogP) is 5.83. The molecule has 176 valence electrons. The number of hydrogen-bond donors (Lipinski definition) is 2. The van der Waals surface area contributed by atoms with Gasteiger partial charge in [0, 0.05) is 12.2 Å². The van der Waals surface area contributed by atoms with Crippen molar-refractivity contribution in [1.82, 2.24) is 5.32 Å². The summed E-state index contributed by atoms with van der Waals surface area (Å²) in [6, 6.07) is 16.2. The molecular weight excluding hydrogens is 450 g/mol. The van der Waals surface area contributed by atoms with Crippen LogP contribution in [0.25, 0.3) is 11.1 Å². The van der Waals surface area contributed by atoms with Gasteiger partial charge in [0.1, 0.15) is 11.9 Å². The zero-order valence-electron chi connectivity index (χ0n) is 17.9. The number of carbonyl (C=O) groups excluding carboxylic acids is 2. The third kappa shape index (κ3) is 5.19. The van der Waals surface area contributed by atoms with Crippen LogP contribution in [0.1, 0.15) is 18.4 Å². The summed E-state index contributed by atoms with van der Waals surface area (Å²) in [6.07, 6.45) is -3.58. The van der Waals surface area contributed by atoms with Crippen molar-refractivity contribution in [3.8, 4) is 11.1 Å². The number of urea groups is 1. The van der Waals surface area contributed by atoms with Crippen molar-refractivity contribution in [3.05, 3.63) is 84.2 Å². The molecule has 0 aliphatic carbocycles. The molecule has 0 spiro atoms. The molecule has 1 saturated heterocycles. The fourth-order valence-corrected chi connectivity index (χ4v) is 3.85. The van der Waals surface area contributed by atoms with Gasteiger partial charge in [0.15, 0.2) is 0 Å². The molecular formula is C25H21F4N3O2. The van der Waals surface area contributed by atoms with E-state index in [1.807, 2.05) is 30.3 Å². The molecule has 34 heavy (non-hydrogen) atoms. The van der Waals surface area contributed by atoms with E-state index < -0.39 is 35.5 Å². The number of piperidine rings is 1. The summed E-state index contributed by atoms with van der Waals surface area (Å²) in [5.74, 6) is -1.01. The Kier molecular flexibility index (Phi) is 6.54. The number of halogens is 4. The number of carbonyl (C=O) groups is 2. The maximum atomic E-state index is 14.9. The highest BCUT2D eigenvalue weighted by Crippen LogP contribution is 2.30. The van der Waals surface area contributed by atoms with Gasteiger partial charge >= 0.3 is 12.2 Å². The maximum Gasteiger partial charge on any atom is 0.416 e. The highest BCUT2D eigenvalue weighted by atomic mass is 19.4. The maximum absolute atomic E-state index is 14.9. The van der Waals surface area contributed by atoms with Crippen LogP contribution in [-0.4, -0.2) is 24.5 Å². The molecule has 2 N–H and O–H groups in total. The summed E-state index contributed by atoms with van der Waals surface area (Å²) in [6.45, 7) is 0.305. The van der Waals surface area contributed by atoms with Gasteiger partial charge in [-0.1, -0.05) is 36.4 Å². The largest absolute Gasteiger partial charge is 0.416 e. The summed E-state index contributed by atoms with van der Waals surface area (Å²) in [7, 11) is 0. The van der Waals surface area contributed by atoms with E-state index in [1.54, 1.807) is 12.1 Å². The molecule has 3 amide bonds. The summed E-state index contributed by atoms with van der Waals surface area (Å²) in [5.41, 5.74) is 0.957.